The molecule has 0 aliphatic rings. The van der Waals surface area contributed by atoms with Gasteiger partial charge in [-0.25, -0.2) is 0 Å². The molecule has 0 aliphatic heterocycles. The van der Waals surface area contributed by atoms with Gasteiger partial charge in [-0.15, -0.1) is 0 Å². The summed E-state index contributed by atoms with van der Waals surface area (Å²) in [4.78, 5) is 13.8. The number of halogens is 3. The maximum absolute atomic E-state index is 11.7. The molecule has 0 spiro atoms. The van der Waals surface area contributed by atoms with Crippen LogP contribution in [0, 0.1) is 5.92 Å². The molecule has 0 heterocycles. The molecule has 1 aromatic rings. The minimum Gasteiger partial charge on any atom is -0.482 e. The van der Waals surface area contributed by atoms with Crippen LogP contribution in [-0.4, -0.2) is 44.6 Å². The maximum Gasteiger partial charge on any atom is 0.257 e. The number of carbonyl (C=O) groups excluding carboxylic acids is 1. The van der Waals surface area contributed by atoms with E-state index in [0.29, 0.717) is 33.3 Å². The number of benzene rings is 1. The first kappa shape index (κ1) is 18.4. The van der Waals surface area contributed by atoms with Crippen LogP contribution in [0.15, 0.2) is 12.1 Å². The highest BCUT2D eigenvalue weighted by atomic mass is 35.5. The number of nitrogens with one attached hydrogen (secondary N) is 1. The lowest BCUT2D eigenvalue weighted by molar-refractivity contribution is -0.123. The van der Waals surface area contributed by atoms with Crippen molar-refractivity contribution >= 4 is 40.7 Å². The quantitative estimate of drug-likeness (QED) is 0.764. The number of carbonyl (C=O) groups is 1. The summed E-state index contributed by atoms with van der Waals surface area (Å²) < 4.78 is 5.35. The third-order valence-electron chi connectivity index (χ3n) is 2.66. The monoisotopic (exact) mass is 352 g/mol. The summed E-state index contributed by atoms with van der Waals surface area (Å²) in [6, 6.07) is 2.98. The third kappa shape index (κ3) is 6.74. The second-order valence-corrected chi connectivity index (χ2v) is 6.38. The van der Waals surface area contributed by atoms with Crippen molar-refractivity contribution in [2.45, 2.75) is 6.92 Å². The van der Waals surface area contributed by atoms with Crippen LogP contribution in [0.5, 0.6) is 5.75 Å². The number of hydrogen-bond acceptors (Lipinski definition) is 3. The van der Waals surface area contributed by atoms with Crippen LogP contribution in [0.2, 0.25) is 15.1 Å². The van der Waals surface area contributed by atoms with Crippen LogP contribution in [0.4, 0.5) is 0 Å². The standard InChI is InChI=1S/C14H19Cl3N2O2/c1-9(7-19(2)3)6-18-14(20)8-21-13-5-11(16)10(15)4-12(13)17/h4-5,9H,6-8H2,1-3H3,(H,18,20)/t9-/m0/s1. The van der Waals surface area contributed by atoms with Gasteiger partial charge in [0.25, 0.3) is 5.91 Å². The minimum atomic E-state index is -0.206. The zero-order valence-electron chi connectivity index (χ0n) is 12.3. The van der Waals surface area contributed by atoms with Gasteiger partial charge >= 0.3 is 0 Å². The van der Waals surface area contributed by atoms with Crippen LogP contribution in [0.3, 0.4) is 0 Å². The first-order valence-electron chi connectivity index (χ1n) is 6.48. The number of amides is 1. The summed E-state index contributed by atoms with van der Waals surface area (Å²) in [6.45, 7) is 3.44. The molecule has 0 bridgehead atoms. The molecule has 1 atom stereocenters. The molecule has 4 nitrogen and oxygen atoms in total. The number of rotatable bonds is 7. The number of ether oxygens (including phenoxy) is 1. The Morgan fingerprint density at radius 3 is 2.48 bits per heavy atom. The molecule has 0 aromatic heterocycles. The highest BCUT2D eigenvalue weighted by Crippen LogP contribution is 2.33. The fourth-order valence-corrected chi connectivity index (χ4v) is 2.38. The summed E-state index contributed by atoms with van der Waals surface area (Å²) in [7, 11) is 3.99. The molecule has 21 heavy (non-hydrogen) atoms. The summed E-state index contributed by atoms with van der Waals surface area (Å²) in [5, 5.41) is 3.80. The van der Waals surface area contributed by atoms with E-state index in [4.69, 9.17) is 39.5 Å². The Morgan fingerprint density at radius 1 is 1.24 bits per heavy atom. The van der Waals surface area contributed by atoms with Crippen molar-refractivity contribution in [1.29, 1.82) is 0 Å². The van der Waals surface area contributed by atoms with E-state index in [2.05, 4.69) is 17.1 Å². The largest absolute Gasteiger partial charge is 0.482 e. The Labute approximate surface area is 140 Å². The van der Waals surface area contributed by atoms with Gasteiger partial charge in [-0.05, 0) is 26.1 Å². The molecule has 1 N–H and O–H groups in total. The summed E-state index contributed by atoms with van der Waals surface area (Å²) in [5.74, 6) is 0.489. The van der Waals surface area contributed by atoms with Crippen LogP contribution >= 0.6 is 34.8 Å². The van der Waals surface area contributed by atoms with E-state index in [9.17, 15) is 4.79 Å². The van der Waals surface area contributed by atoms with E-state index < -0.39 is 0 Å². The van der Waals surface area contributed by atoms with Crippen molar-refractivity contribution < 1.29 is 9.53 Å². The number of nitrogens with zero attached hydrogens (tertiary/aromatic N) is 1. The molecule has 1 rings (SSSR count). The fraction of sp³-hybridized carbons (Fsp3) is 0.500. The molecule has 118 valence electrons. The van der Waals surface area contributed by atoms with Crippen LogP contribution in [0.1, 0.15) is 6.92 Å². The highest BCUT2D eigenvalue weighted by Gasteiger charge is 2.10. The van der Waals surface area contributed by atoms with Crippen molar-refractivity contribution in [3.05, 3.63) is 27.2 Å². The molecule has 0 unspecified atom stereocenters. The van der Waals surface area contributed by atoms with E-state index in [-0.39, 0.29) is 12.5 Å². The Hall–Kier alpha value is -0.680. The molecular formula is C14H19Cl3N2O2. The van der Waals surface area contributed by atoms with E-state index >= 15 is 0 Å². The molecule has 0 aliphatic carbocycles. The lowest BCUT2D eigenvalue weighted by atomic mass is 10.2. The van der Waals surface area contributed by atoms with Crippen LogP contribution < -0.4 is 10.1 Å². The molecular weight excluding hydrogens is 335 g/mol. The van der Waals surface area contributed by atoms with Gasteiger partial charge in [0, 0.05) is 19.2 Å². The van der Waals surface area contributed by atoms with E-state index in [1.165, 1.54) is 12.1 Å². The fourth-order valence-electron chi connectivity index (χ4n) is 1.79. The van der Waals surface area contributed by atoms with Gasteiger partial charge in [-0.3, -0.25) is 4.79 Å². The highest BCUT2D eigenvalue weighted by molar-refractivity contribution is 6.43. The predicted octanol–water partition coefficient (Wildman–Crippen LogP) is 3.34. The molecule has 1 amide bonds. The SMILES string of the molecule is C[C@@H](CNC(=O)COc1cc(Cl)c(Cl)cc1Cl)CN(C)C. The van der Waals surface area contributed by atoms with Crippen molar-refractivity contribution in [1.82, 2.24) is 10.2 Å². The molecule has 0 saturated carbocycles. The first-order chi connectivity index (χ1) is 9.79. The van der Waals surface area contributed by atoms with Crippen molar-refractivity contribution in [3.63, 3.8) is 0 Å². The predicted molar refractivity (Wildman–Crippen MR) is 87.7 cm³/mol. The Balaban J connectivity index is 2.41. The molecule has 7 heteroatoms. The van der Waals surface area contributed by atoms with E-state index in [1.54, 1.807) is 0 Å². The van der Waals surface area contributed by atoms with Gasteiger partial charge in [0.1, 0.15) is 5.75 Å². The molecule has 0 saturated heterocycles. The normalized spacial score (nSPS) is 12.3. The third-order valence-corrected chi connectivity index (χ3v) is 3.68. The summed E-state index contributed by atoms with van der Waals surface area (Å²) in [5.41, 5.74) is 0. The van der Waals surface area contributed by atoms with Gasteiger partial charge in [-0.2, -0.15) is 0 Å². The lowest BCUT2D eigenvalue weighted by Crippen LogP contribution is -2.35. The zero-order valence-corrected chi connectivity index (χ0v) is 14.5. The van der Waals surface area contributed by atoms with Crippen molar-refractivity contribution in [2.75, 3.05) is 33.8 Å². The van der Waals surface area contributed by atoms with E-state index in [0.717, 1.165) is 6.54 Å². The van der Waals surface area contributed by atoms with Gasteiger partial charge in [0.15, 0.2) is 6.61 Å². The van der Waals surface area contributed by atoms with Gasteiger partial charge in [0.2, 0.25) is 0 Å². The Morgan fingerprint density at radius 2 is 1.86 bits per heavy atom. The van der Waals surface area contributed by atoms with Crippen LogP contribution in [0.25, 0.3) is 0 Å². The zero-order chi connectivity index (χ0) is 16.0. The number of hydrogen-bond donors (Lipinski definition) is 1. The van der Waals surface area contributed by atoms with Gasteiger partial charge in [0.05, 0.1) is 15.1 Å². The molecule has 0 fully saturated rings. The lowest BCUT2D eigenvalue weighted by Gasteiger charge is -2.17. The second-order valence-electron chi connectivity index (χ2n) is 5.16. The maximum atomic E-state index is 11.7. The molecule has 0 radical (unpaired) electrons. The molecule has 1 aromatic carbocycles. The second kappa shape index (κ2) is 8.69. The summed E-state index contributed by atoms with van der Waals surface area (Å²) in [6.07, 6.45) is 0. The average molecular weight is 354 g/mol. The Kier molecular flexibility index (Phi) is 7.60. The average Bonchev–Trinajstić information content (AvgIpc) is 2.38. The van der Waals surface area contributed by atoms with E-state index in [1.807, 2.05) is 14.1 Å². The van der Waals surface area contributed by atoms with Gasteiger partial charge in [-0.1, -0.05) is 41.7 Å². The van der Waals surface area contributed by atoms with Gasteiger partial charge < -0.3 is 15.0 Å². The van der Waals surface area contributed by atoms with Crippen LogP contribution in [-0.2, 0) is 4.79 Å². The van der Waals surface area contributed by atoms with Crippen molar-refractivity contribution in [2.24, 2.45) is 5.92 Å². The minimum absolute atomic E-state index is 0.119. The summed E-state index contributed by atoms with van der Waals surface area (Å²) >= 11 is 17.7. The van der Waals surface area contributed by atoms with Crippen molar-refractivity contribution in [3.8, 4) is 5.75 Å². The topological polar surface area (TPSA) is 41.6 Å². The first-order valence-corrected chi connectivity index (χ1v) is 7.61. The Bertz CT molecular complexity index is 495. The smallest absolute Gasteiger partial charge is 0.257 e.